The van der Waals surface area contributed by atoms with E-state index >= 15 is 0 Å². The van der Waals surface area contributed by atoms with Crippen molar-refractivity contribution in [2.75, 3.05) is 31.6 Å². The number of hydrogen-bond acceptors (Lipinski definition) is 6. The average molecular weight is 415 g/mol. The Hall–Kier alpha value is -2.84. The highest BCUT2D eigenvalue weighted by Gasteiger charge is 2.43. The van der Waals surface area contributed by atoms with Gasteiger partial charge in [0.15, 0.2) is 0 Å². The summed E-state index contributed by atoms with van der Waals surface area (Å²) in [6, 6.07) is 2.40. The Balaban J connectivity index is 1.30. The fraction of sp³-hybridized carbons (Fsp3) is 0.619. The standard InChI is InChI=1S/C21H30N6O3/c1-21(2,3)30-20(29)23-9-17(28)27-10-13-7-15(8-14(13)11-27)26(4)19-16-5-6-22-18(16)24-12-25-19/h5-6,12-15H,7-11H2,1-4H3,(H,23,29)(H,22,24,25)/t13-,14+,15?. The van der Waals surface area contributed by atoms with Crippen molar-refractivity contribution >= 4 is 28.9 Å². The number of aromatic nitrogens is 3. The van der Waals surface area contributed by atoms with Crippen LogP contribution in [0.15, 0.2) is 18.6 Å². The second-order valence-electron chi connectivity index (χ2n) is 9.35. The van der Waals surface area contributed by atoms with E-state index in [1.807, 2.05) is 17.2 Å². The van der Waals surface area contributed by atoms with Crippen LogP contribution in [0.5, 0.6) is 0 Å². The van der Waals surface area contributed by atoms with Crippen molar-refractivity contribution in [2.45, 2.75) is 45.3 Å². The van der Waals surface area contributed by atoms with Crippen molar-refractivity contribution in [3.05, 3.63) is 18.6 Å². The molecule has 9 nitrogen and oxygen atoms in total. The van der Waals surface area contributed by atoms with Crippen molar-refractivity contribution in [3.8, 4) is 0 Å². The summed E-state index contributed by atoms with van der Waals surface area (Å²) in [5, 5.41) is 3.60. The van der Waals surface area contributed by atoms with Crippen LogP contribution < -0.4 is 10.2 Å². The van der Waals surface area contributed by atoms with Gasteiger partial charge in [0.2, 0.25) is 5.91 Å². The number of amides is 2. The smallest absolute Gasteiger partial charge is 0.408 e. The summed E-state index contributed by atoms with van der Waals surface area (Å²) in [6.45, 7) is 6.86. The van der Waals surface area contributed by atoms with Crippen LogP contribution in [0.2, 0.25) is 0 Å². The topological polar surface area (TPSA) is 103 Å². The Kier molecular flexibility index (Phi) is 5.29. The third-order valence-electron chi connectivity index (χ3n) is 6.08. The number of alkyl carbamates (subject to hydrolysis) is 1. The van der Waals surface area contributed by atoms with Crippen LogP contribution in [0.25, 0.3) is 11.0 Å². The minimum absolute atomic E-state index is 0.0237. The Morgan fingerprint density at radius 2 is 1.97 bits per heavy atom. The number of H-pyrrole nitrogens is 1. The molecule has 2 aromatic rings. The first kappa shape index (κ1) is 20.4. The van der Waals surface area contributed by atoms with Gasteiger partial charge in [0.05, 0.1) is 5.39 Å². The molecule has 30 heavy (non-hydrogen) atoms. The number of ether oxygens (including phenoxy) is 1. The second kappa shape index (κ2) is 7.77. The minimum atomic E-state index is -0.575. The number of hydrogen-bond donors (Lipinski definition) is 2. The lowest BCUT2D eigenvalue weighted by Crippen LogP contribution is -2.42. The lowest BCUT2D eigenvalue weighted by Gasteiger charge is -2.28. The molecule has 2 aromatic heterocycles. The van der Waals surface area contributed by atoms with E-state index in [0.717, 1.165) is 42.8 Å². The van der Waals surface area contributed by atoms with Gasteiger partial charge >= 0.3 is 6.09 Å². The monoisotopic (exact) mass is 414 g/mol. The molecule has 3 atom stereocenters. The number of rotatable bonds is 4. The number of likely N-dealkylation sites (tertiary alicyclic amines) is 1. The molecule has 0 spiro atoms. The van der Waals surface area contributed by atoms with Crippen molar-refractivity contribution < 1.29 is 14.3 Å². The SMILES string of the molecule is CN(c1ncnc2[nH]ccc12)C1C[C@@H]2CN(C(=O)CNC(=O)OC(C)(C)C)C[C@@H]2C1. The molecule has 162 valence electrons. The Labute approximate surface area is 176 Å². The van der Waals surface area contributed by atoms with E-state index in [0.29, 0.717) is 17.9 Å². The fourth-order valence-electron chi connectivity index (χ4n) is 4.67. The number of carbonyl (C=O) groups excluding carboxylic acids is 2. The van der Waals surface area contributed by atoms with Crippen LogP contribution in [0, 0.1) is 11.8 Å². The van der Waals surface area contributed by atoms with Crippen LogP contribution >= 0.6 is 0 Å². The van der Waals surface area contributed by atoms with Gasteiger partial charge in [-0.1, -0.05) is 0 Å². The van der Waals surface area contributed by atoms with Crippen LogP contribution in [0.1, 0.15) is 33.6 Å². The summed E-state index contributed by atoms with van der Waals surface area (Å²) in [6.07, 6.45) is 4.98. The first-order valence-electron chi connectivity index (χ1n) is 10.5. The fourth-order valence-corrected chi connectivity index (χ4v) is 4.67. The van der Waals surface area contributed by atoms with Gasteiger partial charge < -0.3 is 24.8 Å². The Morgan fingerprint density at radius 1 is 1.27 bits per heavy atom. The van der Waals surface area contributed by atoms with E-state index in [2.05, 4.69) is 32.2 Å². The summed E-state index contributed by atoms with van der Waals surface area (Å²) < 4.78 is 5.19. The van der Waals surface area contributed by atoms with E-state index in [1.165, 1.54) is 0 Å². The molecule has 2 aliphatic rings. The lowest BCUT2D eigenvalue weighted by atomic mass is 10.0. The minimum Gasteiger partial charge on any atom is -0.444 e. The summed E-state index contributed by atoms with van der Waals surface area (Å²) in [5.41, 5.74) is 0.272. The van der Waals surface area contributed by atoms with Crippen LogP contribution in [0.3, 0.4) is 0 Å². The van der Waals surface area contributed by atoms with Gasteiger partial charge in [-0.05, 0) is 51.5 Å². The van der Waals surface area contributed by atoms with Crippen molar-refractivity contribution in [1.82, 2.24) is 25.2 Å². The van der Waals surface area contributed by atoms with E-state index in [1.54, 1.807) is 27.1 Å². The zero-order valence-corrected chi connectivity index (χ0v) is 18.0. The molecule has 1 saturated carbocycles. The third kappa shape index (κ3) is 4.20. The van der Waals surface area contributed by atoms with Crippen LogP contribution in [-0.4, -0.2) is 70.2 Å². The number of carbonyl (C=O) groups is 2. The molecule has 9 heteroatoms. The molecule has 2 fully saturated rings. The highest BCUT2D eigenvalue weighted by Crippen LogP contribution is 2.41. The number of aromatic amines is 1. The lowest BCUT2D eigenvalue weighted by molar-refractivity contribution is -0.129. The summed E-state index contributed by atoms with van der Waals surface area (Å²) in [7, 11) is 2.09. The maximum Gasteiger partial charge on any atom is 0.408 e. The molecular formula is C21H30N6O3. The maximum atomic E-state index is 12.5. The zero-order valence-electron chi connectivity index (χ0n) is 18.0. The highest BCUT2D eigenvalue weighted by atomic mass is 16.6. The van der Waals surface area contributed by atoms with E-state index in [9.17, 15) is 9.59 Å². The van der Waals surface area contributed by atoms with E-state index in [-0.39, 0.29) is 12.5 Å². The molecule has 0 bridgehead atoms. The van der Waals surface area contributed by atoms with E-state index in [4.69, 9.17) is 4.74 Å². The zero-order chi connectivity index (χ0) is 21.5. The van der Waals surface area contributed by atoms with Gasteiger partial charge in [0, 0.05) is 32.4 Å². The molecule has 1 aliphatic heterocycles. The number of nitrogens with one attached hydrogen (secondary N) is 2. The van der Waals surface area contributed by atoms with E-state index < -0.39 is 11.7 Å². The molecule has 2 amide bonds. The van der Waals surface area contributed by atoms with Gasteiger partial charge in [-0.25, -0.2) is 14.8 Å². The van der Waals surface area contributed by atoms with Gasteiger partial charge in [-0.15, -0.1) is 0 Å². The quantitative estimate of drug-likeness (QED) is 0.795. The molecule has 2 N–H and O–H groups in total. The summed E-state index contributed by atoms with van der Waals surface area (Å²) in [5.74, 6) is 1.85. The number of nitrogens with zero attached hydrogens (tertiary/aromatic N) is 4. The molecule has 1 saturated heterocycles. The largest absolute Gasteiger partial charge is 0.444 e. The van der Waals surface area contributed by atoms with Crippen LogP contribution in [-0.2, 0) is 9.53 Å². The first-order valence-corrected chi connectivity index (χ1v) is 10.5. The Morgan fingerprint density at radius 3 is 2.63 bits per heavy atom. The number of anilines is 1. The van der Waals surface area contributed by atoms with Gasteiger partial charge in [0.25, 0.3) is 0 Å². The van der Waals surface area contributed by atoms with Crippen molar-refractivity contribution in [3.63, 3.8) is 0 Å². The molecular weight excluding hydrogens is 384 g/mol. The average Bonchev–Trinajstić information content (AvgIpc) is 3.37. The summed E-state index contributed by atoms with van der Waals surface area (Å²) in [4.78, 5) is 40.3. The van der Waals surface area contributed by atoms with Crippen molar-refractivity contribution in [1.29, 1.82) is 0 Å². The summed E-state index contributed by atoms with van der Waals surface area (Å²) >= 11 is 0. The van der Waals surface area contributed by atoms with Crippen LogP contribution in [0.4, 0.5) is 10.6 Å². The normalized spacial score (nSPS) is 23.5. The first-order chi connectivity index (χ1) is 14.2. The number of fused-ring (bicyclic) bond motifs is 2. The predicted octanol–water partition coefficient (Wildman–Crippen LogP) is 2.16. The Bertz CT molecular complexity index is 922. The van der Waals surface area contributed by atoms with Gasteiger partial charge in [-0.2, -0.15) is 0 Å². The second-order valence-corrected chi connectivity index (χ2v) is 9.35. The molecule has 1 aliphatic carbocycles. The highest BCUT2D eigenvalue weighted by molar-refractivity contribution is 5.87. The maximum absolute atomic E-state index is 12.5. The predicted molar refractivity (Wildman–Crippen MR) is 113 cm³/mol. The molecule has 3 heterocycles. The van der Waals surface area contributed by atoms with Gasteiger partial charge in [0.1, 0.15) is 29.9 Å². The third-order valence-corrected chi connectivity index (χ3v) is 6.08. The van der Waals surface area contributed by atoms with Crippen molar-refractivity contribution in [2.24, 2.45) is 11.8 Å². The molecule has 0 radical (unpaired) electrons. The molecule has 1 unspecified atom stereocenters. The van der Waals surface area contributed by atoms with Gasteiger partial charge in [-0.3, -0.25) is 4.79 Å². The molecule has 4 rings (SSSR count). The molecule has 0 aromatic carbocycles.